The van der Waals surface area contributed by atoms with E-state index in [4.69, 9.17) is 5.26 Å². The van der Waals surface area contributed by atoms with Crippen LogP contribution in [-0.4, -0.2) is 17.5 Å². The third-order valence-corrected chi connectivity index (χ3v) is 3.59. The van der Waals surface area contributed by atoms with Gasteiger partial charge in [0.1, 0.15) is 0 Å². The Balaban J connectivity index is 2.14. The molecule has 0 amide bonds. The lowest BCUT2D eigenvalue weighted by atomic mass is 10.1. The van der Waals surface area contributed by atoms with Gasteiger partial charge in [-0.05, 0) is 30.4 Å². The Kier molecular flexibility index (Phi) is 2.34. The third kappa shape index (κ3) is 1.60. The number of nitriles is 1. The molecule has 0 aliphatic carbocycles. The molecule has 68 valence electrons. The first-order chi connectivity index (χ1) is 6.31. The van der Waals surface area contributed by atoms with Crippen molar-refractivity contribution in [3.8, 4) is 6.07 Å². The predicted octanol–water partition coefficient (Wildman–Crippen LogP) is 2.02. The molecule has 0 saturated heterocycles. The first-order valence-corrected chi connectivity index (χ1v) is 5.38. The van der Waals surface area contributed by atoms with Crippen LogP contribution < -0.4 is 0 Å². The van der Waals surface area contributed by atoms with Crippen molar-refractivity contribution in [3.05, 3.63) is 21.9 Å². The van der Waals surface area contributed by atoms with Crippen LogP contribution >= 0.6 is 11.3 Å². The number of rotatable bonds is 1. The lowest BCUT2D eigenvalue weighted by Crippen LogP contribution is -2.36. The molecule has 0 radical (unpaired) electrons. The summed E-state index contributed by atoms with van der Waals surface area (Å²) in [6.45, 7) is 3.95. The Labute approximate surface area is 82.4 Å². The smallest absolute Gasteiger partial charge is 0.0952 e. The summed E-state index contributed by atoms with van der Waals surface area (Å²) < 4.78 is 0. The summed E-state index contributed by atoms with van der Waals surface area (Å²) in [5.74, 6) is 0. The number of nitrogens with zero attached hydrogens (tertiary/aromatic N) is 2. The molecule has 13 heavy (non-hydrogen) atoms. The van der Waals surface area contributed by atoms with Crippen LogP contribution in [0.2, 0.25) is 0 Å². The van der Waals surface area contributed by atoms with Crippen LogP contribution in [0.25, 0.3) is 0 Å². The summed E-state index contributed by atoms with van der Waals surface area (Å²) >= 11 is 1.84. The Bertz CT molecular complexity index is 337. The van der Waals surface area contributed by atoms with Crippen molar-refractivity contribution in [2.45, 2.75) is 25.9 Å². The van der Waals surface area contributed by atoms with Gasteiger partial charge in [0.25, 0.3) is 0 Å². The Morgan fingerprint density at radius 3 is 3.31 bits per heavy atom. The van der Waals surface area contributed by atoms with Gasteiger partial charge in [-0.1, -0.05) is 0 Å². The van der Waals surface area contributed by atoms with Crippen molar-refractivity contribution in [3.63, 3.8) is 0 Å². The number of hydrogen-bond donors (Lipinski definition) is 0. The molecule has 0 saturated carbocycles. The van der Waals surface area contributed by atoms with Crippen molar-refractivity contribution >= 4 is 11.3 Å². The standard InChI is InChI=1S/C10H12N2S/c1-8(6-11)12-4-2-10-9(7-12)3-5-13-10/h3,5,8H,2,4,7H2,1H3. The number of thiophene rings is 1. The minimum absolute atomic E-state index is 0.0491. The summed E-state index contributed by atoms with van der Waals surface area (Å²) in [5, 5.41) is 10.9. The minimum Gasteiger partial charge on any atom is -0.284 e. The molecule has 1 unspecified atom stereocenters. The molecular formula is C10H12N2S. The summed E-state index contributed by atoms with van der Waals surface area (Å²) in [6.07, 6.45) is 1.11. The number of hydrogen-bond acceptors (Lipinski definition) is 3. The molecule has 0 aromatic carbocycles. The van der Waals surface area contributed by atoms with Gasteiger partial charge in [-0.15, -0.1) is 11.3 Å². The van der Waals surface area contributed by atoms with Crippen molar-refractivity contribution in [2.24, 2.45) is 0 Å². The largest absolute Gasteiger partial charge is 0.284 e. The van der Waals surface area contributed by atoms with E-state index in [0.717, 1.165) is 19.5 Å². The summed E-state index contributed by atoms with van der Waals surface area (Å²) in [5.41, 5.74) is 1.42. The van der Waals surface area contributed by atoms with E-state index in [1.54, 1.807) is 0 Å². The zero-order chi connectivity index (χ0) is 9.26. The van der Waals surface area contributed by atoms with Gasteiger partial charge in [0.05, 0.1) is 12.1 Å². The molecule has 0 bridgehead atoms. The van der Waals surface area contributed by atoms with Gasteiger partial charge in [0.15, 0.2) is 0 Å². The van der Waals surface area contributed by atoms with Gasteiger partial charge in [0.2, 0.25) is 0 Å². The zero-order valence-corrected chi connectivity index (χ0v) is 8.47. The van der Waals surface area contributed by atoms with Crippen LogP contribution in [0.3, 0.4) is 0 Å². The van der Waals surface area contributed by atoms with Crippen LogP contribution in [-0.2, 0) is 13.0 Å². The fourth-order valence-electron chi connectivity index (χ4n) is 1.68. The molecule has 2 heterocycles. The SMILES string of the molecule is CC(C#N)N1CCc2sccc2C1. The van der Waals surface area contributed by atoms with E-state index in [1.807, 2.05) is 18.3 Å². The van der Waals surface area contributed by atoms with Crippen LogP contribution in [0.15, 0.2) is 11.4 Å². The summed E-state index contributed by atoms with van der Waals surface area (Å²) in [4.78, 5) is 3.73. The first kappa shape index (κ1) is 8.74. The number of fused-ring (bicyclic) bond motifs is 1. The Morgan fingerprint density at radius 1 is 1.69 bits per heavy atom. The fourth-order valence-corrected chi connectivity index (χ4v) is 2.57. The summed E-state index contributed by atoms with van der Waals surface area (Å²) in [7, 11) is 0. The normalized spacial score (nSPS) is 19.1. The van der Waals surface area contributed by atoms with Gasteiger partial charge in [-0.2, -0.15) is 5.26 Å². The topological polar surface area (TPSA) is 27.0 Å². The highest BCUT2D eigenvalue weighted by molar-refractivity contribution is 7.10. The van der Waals surface area contributed by atoms with E-state index < -0.39 is 0 Å². The van der Waals surface area contributed by atoms with E-state index in [2.05, 4.69) is 22.4 Å². The molecule has 1 aromatic rings. The van der Waals surface area contributed by atoms with Crippen LogP contribution in [0.5, 0.6) is 0 Å². The quantitative estimate of drug-likeness (QED) is 0.680. The van der Waals surface area contributed by atoms with Crippen molar-refractivity contribution in [1.82, 2.24) is 4.90 Å². The van der Waals surface area contributed by atoms with E-state index >= 15 is 0 Å². The molecule has 0 fully saturated rings. The molecule has 2 rings (SSSR count). The molecule has 1 aliphatic heterocycles. The molecule has 1 atom stereocenters. The van der Waals surface area contributed by atoms with Gasteiger partial charge < -0.3 is 0 Å². The highest BCUT2D eigenvalue weighted by atomic mass is 32.1. The average molecular weight is 192 g/mol. The summed E-state index contributed by atoms with van der Waals surface area (Å²) in [6, 6.07) is 4.51. The molecule has 1 aliphatic rings. The molecule has 2 nitrogen and oxygen atoms in total. The molecule has 0 N–H and O–H groups in total. The van der Waals surface area contributed by atoms with Gasteiger partial charge >= 0.3 is 0 Å². The van der Waals surface area contributed by atoms with Crippen molar-refractivity contribution in [1.29, 1.82) is 5.26 Å². The van der Waals surface area contributed by atoms with Crippen LogP contribution in [0.1, 0.15) is 17.4 Å². The maximum Gasteiger partial charge on any atom is 0.0952 e. The van der Waals surface area contributed by atoms with E-state index in [9.17, 15) is 0 Å². The van der Waals surface area contributed by atoms with Crippen molar-refractivity contribution < 1.29 is 0 Å². The maximum atomic E-state index is 8.80. The lowest BCUT2D eigenvalue weighted by molar-refractivity contribution is 0.228. The third-order valence-electron chi connectivity index (χ3n) is 2.57. The van der Waals surface area contributed by atoms with E-state index in [-0.39, 0.29) is 6.04 Å². The highest BCUT2D eigenvalue weighted by Gasteiger charge is 2.20. The lowest BCUT2D eigenvalue weighted by Gasteiger charge is -2.28. The van der Waals surface area contributed by atoms with Gasteiger partial charge in [-0.3, -0.25) is 4.90 Å². The second-order valence-corrected chi connectivity index (χ2v) is 4.40. The molecule has 1 aromatic heterocycles. The van der Waals surface area contributed by atoms with E-state index in [1.165, 1.54) is 10.4 Å². The molecular weight excluding hydrogens is 180 g/mol. The average Bonchev–Trinajstić information content (AvgIpc) is 2.63. The maximum absolute atomic E-state index is 8.80. The fraction of sp³-hybridized carbons (Fsp3) is 0.500. The van der Waals surface area contributed by atoms with Crippen molar-refractivity contribution in [2.75, 3.05) is 6.54 Å². The van der Waals surface area contributed by atoms with Crippen LogP contribution in [0, 0.1) is 11.3 Å². The van der Waals surface area contributed by atoms with E-state index in [0.29, 0.717) is 0 Å². The second-order valence-electron chi connectivity index (χ2n) is 3.39. The minimum atomic E-state index is 0.0491. The Hall–Kier alpha value is -0.850. The van der Waals surface area contributed by atoms with Gasteiger partial charge in [-0.25, -0.2) is 0 Å². The van der Waals surface area contributed by atoms with Crippen LogP contribution in [0.4, 0.5) is 0 Å². The second kappa shape index (κ2) is 3.49. The monoisotopic (exact) mass is 192 g/mol. The predicted molar refractivity (Wildman–Crippen MR) is 53.5 cm³/mol. The first-order valence-electron chi connectivity index (χ1n) is 4.50. The van der Waals surface area contributed by atoms with Gasteiger partial charge in [0, 0.05) is 18.0 Å². The Morgan fingerprint density at radius 2 is 2.54 bits per heavy atom. The molecule has 0 spiro atoms. The molecule has 3 heteroatoms. The highest BCUT2D eigenvalue weighted by Crippen LogP contribution is 2.24. The zero-order valence-electron chi connectivity index (χ0n) is 7.66.